The fourth-order valence-corrected chi connectivity index (χ4v) is 3.95. The van der Waals surface area contributed by atoms with E-state index in [2.05, 4.69) is 5.43 Å². The van der Waals surface area contributed by atoms with Crippen LogP contribution in [0.5, 0.6) is 5.75 Å². The van der Waals surface area contributed by atoms with E-state index in [1.807, 2.05) is 6.92 Å². The highest BCUT2D eigenvalue weighted by molar-refractivity contribution is 6.31. The molecule has 0 saturated carbocycles. The number of imide groups is 1. The fourth-order valence-electron chi connectivity index (χ4n) is 3.84. The Bertz CT molecular complexity index is 739. The predicted octanol–water partition coefficient (Wildman–Crippen LogP) is 1.22. The minimum Gasteiger partial charge on any atom is -0.484 e. The van der Waals surface area contributed by atoms with Crippen molar-refractivity contribution in [2.24, 2.45) is 11.8 Å². The zero-order valence-corrected chi connectivity index (χ0v) is 14.3. The summed E-state index contributed by atoms with van der Waals surface area (Å²) in [5.41, 5.74) is 3.19. The quantitative estimate of drug-likeness (QED) is 0.812. The van der Waals surface area contributed by atoms with E-state index in [0.29, 0.717) is 10.8 Å². The van der Waals surface area contributed by atoms with Crippen LogP contribution in [0.2, 0.25) is 5.02 Å². The maximum atomic E-state index is 12.4. The Morgan fingerprint density at radius 3 is 2.52 bits per heavy atom. The van der Waals surface area contributed by atoms with Crippen molar-refractivity contribution in [3.05, 3.63) is 28.8 Å². The summed E-state index contributed by atoms with van der Waals surface area (Å²) in [7, 11) is 0. The first-order chi connectivity index (χ1) is 12.0. The first-order valence-electron chi connectivity index (χ1n) is 8.17. The number of halogens is 1. The zero-order valence-electron chi connectivity index (χ0n) is 13.5. The second-order valence-corrected chi connectivity index (χ2v) is 7.00. The van der Waals surface area contributed by atoms with Gasteiger partial charge in [-0.3, -0.25) is 19.8 Å². The van der Waals surface area contributed by atoms with Gasteiger partial charge in [0.15, 0.2) is 6.61 Å². The normalized spacial score (nSPS) is 29.9. The van der Waals surface area contributed by atoms with Gasteiger partial charge < -0.3 is 9.47 Å². The fraction of sp³-hybridized carbons (Fsp3) is 0.471. The van der Waals surface area contributed by atoms with Crippen molar-refractivity contribution < 1.29 is 23.9 Å². The number of benzene rings is 1. The lowest BCUT2D eigenvalue weighted by molar-refractivity contribution is -0.151. The van der Waals surface area contributed by atoms with Gasteiger partial charge in [-0.05, 0) is 43.5 Å². The van der Waals surface area contributed by atoms with Crippen molar-refractivity contribution in [1.82, 2.24) is 10.4 Å². The molecular weight excluding hydrogens is 348 g/mol. The Balaban J connectivity index is 1.37. The summed E-state index contributed by atoms with van der Waals surface area (Å²) in [5, 5.41) is 1.44. The summed E-state index contributed by atoms with van der Waals surface area (Å²) < 4.78 is 11.0. The van der Waals surface area contributed by atoms with Crippen LogP contribution in [0.3, 0.4) is 0 Å². The number of carbonyl (C=O) groups is 3. The Labute approximate surface area is 149 Å². The van der Waals surface area contributed by atoms with Crippen LogP contribution in [-0.4, -0.2) is 41.5 Å². The summed E-state index contributed by atoms with van der Waals surface area (Å²) in [6.07, 6.45) is 1.15. The lowest BCUT2D eigenvalue weighted by atomic mass is 9.81. The Hall–Kier alpha value is -2.12. The number of hydrazine groups is 1. The van der Waals surface area contributed by atoms with Crippen molar-refractivity contribution in [2.45, 2.75) is 32.0 Å². The van der Waals surface area contributed by atoms with Gasteiger partial charge in [-0.25, -0.2) is 0 Å². The molecule has 0 radical (unpaired) electrons. The van der Waals surface area contributed by atoms with Gasteiger partial charge in [0.1, 0.15) is 5.75 Å². The van der Waals surface area contributed by atoms with E-state index in [4.69, 9.17) is 21.1 Å². The van der Waals surface area contributed by atoms with Crippen molar-refractivity contribution in [2.75, 3.05) is 6.61 Å². The first-order valence-corrected chi connectivity index (χ1v) is 8.55. The van der Waals surface area contributed by atoms with E-state index < -0.39 is 29.6 Å². The molecule has 8 heteroatoms. The zero-order chi connectivity index (χ0) is 17.7. The molecule has 3 fully saturated rings. The molecule has 3 aliphatic rings. The SMILES string of the molecule is Cc1cc(OCC(=O)NN2C(=O)[C@@H]3[C@H](C2=O)[C@H]2CC[C@H]3O2)ccc1Cl. The third-order valence-electron chi connectivity index (χ3n) is 5.02. The van der Waals surface area contributed by atoms with E-state index in [-0.39, 0.29) is 18.8 Å². The first kappa shape index (κ1) is 16.4. The Morgan fingerprint density at radius 2 is 1.92 bits per heavy atom. The average molecular weight is 365 g/mol. The van der Waals surface area contributed by atoms with Crippen LogP contribution >= 0.6 is 11.6 Å². The van der Waals surface area contributed by atoms with Gasteiger partial charge in [-0.15, -0.1) is 0 Å². The highest BCUT2D eigenvalue weighted by Crippen LogP contribution is 2.47. The lowest BCUT2D eigenvalue weighted by Crippen LogP contribution is -2.49. The summed E-state index contributed by atoms with van der Waals surface area (Å²) in [6, 6.07) is 5.03. The monoisotopic (exact) mass is 364 g/mol. The molecule has 3 heterocycles. The van der Waals surface area contributed by atoms with Crippen molar-refractivity contribution in [1.29, 1.82) is 0 Å². The average Bonchev–Trinajstić information content (AvgIpc) is 3.26. The van der Waals surface area contributed by atoms with Gasteiger partial charge in [0.25, 0.3) is 17.7 Å². The number of nitrogens with one attached hydrogen (secondary N) is 1. The Morgan fingerprint density at radius 1 is 1.28 bits per heavy atom. The number of carbonyl (C=O) groups excluding carboxylic acids is 3. The van der Waals surface area contributed by atoms with Crippen molar-refractivity contribution in [3.8, 4) is 5.75 Å². The van der Waals surface area contributed by atoms with E-state index in [9.17, 15) is 14.4 Å². The van der Waals surface area contributed by atoms with Crippen LogP contribution in [0.15, 0.2) is 18.2 Å². The van der Waals surface area contributed by atoms with Gasteiger partial charge in [0.05, 0.1) is 24.0 Å². The smallest absolute Gasteiger partial charge is 0.276 e. The molecule has 1 aromatic carbocycles. The molecule has 2 bridgehead atoms. The molecule has 0 aromatic heterocycles. The van der Waals surface area contributed by atoms with Gasteiger partial charge in [-0.2, -0.15) is 5.01 Å². The second-order valence-electron chi connectivity index (χ2n) is 6.59. The molecule has 0 aliphatic carbocycles. The highest BCUT2D eigenvalue weighted by atomic mass is 35.5. The Kier molecular flexibility index (Phi) is 3.92. The number of nitrogens with zero attached hydrogens (tertiary/aromatic N) is 1. The highest BCUT2D eigenvalue weighted by Gasteiger charge is 2.62. The summed E-state index contributed by atoms with van der Waals surface area (Å²) >= 11 is 5.94. The summed E-state index contributed by atoms with van der Waals surface area (Å²) in [6.45, 7) is 1.52. The van der Waals surface area contributed by atoms with Crippen LogP contribution in [0.1, 0.15) is 18.4 Å². The van der Waals surface area contributed by atoms with Crippen LogP contribution in [-0.2, 0) is 19.1 Å². The number of hydrogen-bond acceptors (Lipinski definition) is 5. The minimum atomic E-state index is -0.567. The van der Waals surface area contributed by atoms with Crippen LogP contribution < -0.4 is 10.2 Å². The molecule has 4 rings (SSSR count). The summed E-state index contributed by atoms with van der Waals surface area (Å²) in [5.74, 6) is -1.80. The molecule has 132 valence electrons. The number of amides is 3. The standard InChI is InChI=1S/C17H17ClN2O5/c1-8-6-9(2-3-10(8)18)24-7-13(21)19-20-16(22)14-11-4-5-12(25-11)15(14)17(20)23/h2-3,6,11-12,14-15H,4-5,7H2,1H3,(H,19,21)/t11-,12-,14-,15+/m1/s1. The molecule has 3 amide bonds. The number of aryl methyl sites for hydroxylation is 1. The number of rotatable bonds is 4. The van der Waals surface area contributed by atoms with E-state index >= 15 is 0 Å². The third kappa shape index (κ3) is 2.67. The number of ether oxygens (including phenoxy) is 2. The van der Waals surface area contributed by atoms with Gasteiger partial charge in [0, 0.05) is 5.02 Å². The van der Waals surface area contributed by atoms with Crippen molar-refractivity contribution in [3.63, 3.8) is 0 Å². The van der Waals surface area contributed by atoms with Crippen LogP contribution in [0.4, 0.5) is 0 Å². The number of fused-ring (bicyclic) bond motifs is 5. The molecule has 25 heavy (non-hydrogen) atoms. The van der Waals surface area contributed by atoms with E-state index in [1.54, 1.807) is 18.2 Å². The molecule has 7 nitrogen and oxygen atoms in total. The van der Waals surface area contributed by atoms with Gasteiger partial charge in [0.2, 0.25) is 0 Å². The molecule has 1 aromatic rings. The molecule has 0 unspecified atom stereocenters. The largest absolute Gasteiger partial charge is 0.484 e. The molecule has 4 atom stereocenters. The van der Waals surface area contributed by atoms with Crippen molar-refractivity contribution >= 4 is 29.3 Å². The topological polar surface area (TPSA) is 84.9 Å². The van der Waals surface area contributed by atoms with Crippen LogP contribution in [0.25, 0.3) is 0 Å². The van der Waals surface area contributed by atoms with Gasteiger partial charge >= 0.3 is 0 Å². The molecule has 0 spiro atoms. The van der Waals surface area contributed by atoms with E-state index in [1.165, 1.54) is 0 Å². The maximum absolute atomic E-state index is 12.4. The van der Waals surface area contributed by atoms with E-state index in [0.717, 1.165) is 23.4 Å². The lowest BCUT2D eigenvalue weighted by Gasteiger charge is -2.18. The molecule has 3 aliphatic heterocycles. The second kappa shape index (κ2) is 6.00. The minimum absolute atomic E-state index is 0.207. The van der Waals surface area contributed by atoms with Crippen LogP contribution in [0, 0.1) is 18.8 Å². The van der Waals surface area contributed by atoms with Gasteiger partial charge in [-0.1, -0.05) is 11.6 Å². The predicted molar refractivity (Wildman–Crippen MR) is 86.6 cm³/mol. The molecular formula is C17H17ClN2O5. The molecule has 1 N–H and O–H groups in total. The molecule has 3 saturated heterocycles. The third-order valence-corrected chi connectivity index (χ3v) is 5.44. The number of hydrogen-bond donors (Lipinski definition) is 1. The summed E-state index contributed by atoms with van der Waals surface area (Å²) in [4.78, 5) is 36.9. The maximum Gasteiger partial charge on any atom is 0.276 e.